The Morgan fingerprint density at radius 3 is 1.52 bits per heavy atom. The van der Waals surface area contributed by atoms with Gasteiger partial charge >= 0.3 is 0 Å². The fourth-order valence-corrected chi connectivity index (χ4v) is 5.54. The van der Waals surface area contributed by atoms with Crippen molar-refractivity contribution in [2.75, 3.05) is 72.1 Å². The lowest BCUT2D eigenvalue weighted by Crippen LogP contribution is -2.58. The molecule has 33 heavy (non-hydrogen) atoms. The van der Waals surface area contributed by atoms with E-state index >= 15 is 0 Å². The minimum atomic E-state index is -0.187. The third-order valence-corrected chi connectivity index (χ3v) is 7.97. The summed E-state index contributed by atoms with van der Waals surface area (Å²) < 4.78 is 18.0. The van der Waals surface area contributed by atoms with Gasteiger partial charge in [-0.2, -0.15) is 0 Å². The van der Waals surface area contributed by atoms with Crippen LogP contribution in [0.5, 0.6) is 0 Å². The smallest absolute Gasteiger partial charge is 0.0703 e. The first-order valence-electron chi connectivity index (χ1n) is 13.8. The zero-order valence-electron chi connectivity index (χ0n) is 22.0. The van der Waals surface area contributed by atoms with Crippen molar-refractivity contribution >= 4 is 0 Å². The highest BCUT2D eigenvalue weighted by Gasteiger charge is 2.34. The molecule has 0 aromatic carbocycles. The van der Waals surface area contributed by atoms with Crippen molar-refractivity contribution in [1.29, 1.82) is 0 Å². The van der Waals surface area contributed by atoms with Gasteiger partial charge in [-0.3, -0.25) is 14.7 Å². The molecule has 3 aliphatic rings. The SMILES string of the molecule is CCC1CN(CCC(N)(CCN2CCOC(CC)C2)CN2CC(CC)OC(CC)C2)CCO1. The molecule has 3 aliphatic heterocycles. The van der Waals surface area contributed by atoms with Crippen LogP contribution in [0.1, 0.15) is 66.2 Å². The van der Waals surface area contributed by atoms with Gasteiger partial charge in [0.25, 0.3) is 0 Å². The molecule has 7 heteroatoms. The summed E-state index contributed by atoms with van der Waals surface area (Å²) in [7, 11) is 0. The van der Waals surface area contributed by atoms with Gasteiger partial charge in [0.2, 0.25) is 0 Å². The minimum absolute atomic E-state index is 0.187. The Balaban J connectivity index is 1.61. The standard InChI is InChI=1S/C26H52N4O3/c1-5-22-17-28(13-15-31-22)11-9-26(27,10-12-29-14-16-32-23(6-2)18-29)21-30-19-24(7-3)33-25(8-4)20-30/h22-25H,5-21,27H2,1-4H3. The van der Waals surface area contributed by atoms with Gasteiger partial charge in [0, 0.05) is 64.4 Å². The van der Waals surface area contributed by atoms with E-state index < -0.39 is 0 Å². The number of nitrogens with zero attached hydrogens (tertiary/aromatic N) is 3. The molecule has 0 bridgehead atoms. The van der Waals surface area contributed by atoms with Gasteiger partial charge in [-0.25, -0.2) is 0 Å². The normalized spacial score (nSPS) is 32.6. The lowest BCUT2D eigenvalue weighted by atomic mass is 9.89. The first-order valence-corrected chi connectivity index (χ1v) is 13.8. The van der Waals surface area contributed by atoms with E-state index in [-0.39, 0.29) is 5.54 Å². The average molecular weight is 469 g/mol. The molecule has 0 aromatic heterocycles. The molecule has 0 spiro atoms. The molecule has 3 rings (SSSR count). The summed E-state index contributed by atoms with van der Waals surface area (Å²) in [4.78, 5) is 7.75. The maximum atomic E-state index is 7.27. The molecule has 0 aromatic rings. The monoisotopic (exact) mass is 468 g/mol. The highest BCUT2D eigenvalue weighted by Crippen LogP contribution is 2.23. The largest absolute Gasteiger partial charge is 0.376 e. The van der Waals surface area contributed by atoms with Gasteiger partial charge in [0.1, 0.15) is 0 Å². The Bertz CT molecular complexity index is 512. The Morgan fingerprint density at radius 2 is 1.09 bits per heavy atom. The summed E-state index contributed by atoms with van der Waals surface area (Å²) >= 11 is 0. The molecule has 0 radical (unpaired) electrons. The van der Waals surface area contributed by atoms with Crippen molar-refractivity contribution in [1.82, 2.24) is 14.7 Å². The van der Waals surface area contributed by atoms with Gasteiger partial charge in [-0.1, -0.05) is 27.7 Å². The lowest BCUT2D eigenvalue weighted by molar-refractivity contribution is -0.0928. The Labute approximate surface area is 203 Å². The van der Waals surface area contributed by atoms with E-state index in [4.69, 9.17) is 19.9 Å². The van der Waals surface area contributed by atoms with E-state index in [2.05, 4.69) is 42.4 Å². The molecule has 0 amide bonds. The summed E-state index contributed by atoms with van der Waals surface area (Å²) in [6, 6.07) is 0. The average Bonchev–Trinajstić information content (AvgIpc) is 2.86. The quantitative estimate of drug-likeness (QED) is 0.472. The van der Waals surface area contributed by atoms with Gasteiger partial charge in [0.05, 0.1) is 37.6 Å². The lowest BCUT2D eigenvalue weighted by Gasteiger charge is -2.44. The highest BCUT2D eigenvalue weighted by atomic mass is 16.5. The summed E-state index contributed by atoms with van der Waals surface area (Å²) in [5.41, 5.74) is 7.09. The van der Waals surface area contributed by atoms with Gasteiger partial charge in [0.15, 0.2) is 0 Å². The van der Waals surface area contributed by atoms with Crippen LogP contribution < -0.4 is 5.73 Å². The van der Waals surface area contributed by atoms with E-state index in [1.54, 1.807) is 0 Å². The maximum absolute atomic E-state index is 7.27. The number of hydrogen-bond donors (Lipinski definition) is 1. The van der Waals surface area contributed by atoms with E-state index in [1.807, 2.05) is 0 Å². The molecule has 7 nitrogen and oxygen atoms in total. The van der Waals surface area contributed by atoms with Gasteiger partial charge in [-0.05, 0) is 38.5 Å². The molecular weight excluding hydrogens is 416 g/mol. The first-order chi connectivity index (χ1) is 16.0. The zero-order valence-corrected chi connectivity index (χ0v) is 22.0. The maximum Gasteiger partial charge on any atom is 0.0703 e. The minimum Gasteiger partial charge on any atom is -0.376 e. The second-order valence-electron chi connectivity index (χ2n) is 10.7. The second-order valence-corrected chi connectivity index (χ2v) is 10.7. The summed E-state index contributed by atoms with van der Waals surface area (Å²) in [5, 5.41) is 0. The Morgan fingerprint density at radius 1 is 0.667 bits per heavy atom. The van der Waals surface area contributed by atoms with Crippen LogP contribution in [-0.4, -0.2) is 117 Å². The van der Waals surface area contributed by atoms with E-state index in [0.717, 1.165) is 111 Å². The van der Waals surface area contributed by atoms with Crippen LogP contribution in [0.2, 0.25) is 0 Å². The Hall–Kier alpha value is -0.280. The van der Waals surface area contributed by atoms with Gasteiger partial charge in [-0.15, -0.1) is 0 Å². The number of morpholine rings is 3. The first kappa shape index (κ1) is 27.3. The van der Waals surface area contributed by atoms with Crippen LogP contribution >= 0.6 is 0 Å². The number of hydrogen-bond acceptors (Lipinski definition) is 7. The highest BCUT2D eigenvalue weighted by molar-refractivity contribution is 4.93. The van der Waals surface area contributed by atoms with Crippen molar-refractivity contribution in [3.63, 3.8) is 0 Å². The molecule has 4 atom stereocenters. The molecule has 4 unspecified atom stereocenters. The fraction of sp³-hybridized carbons (Fsp3) is 1.00. The van der Waals surface area contributed by atoms with E-state index in [1.165, 1.54) is 0 Å². The third-order valence-electron chi connectivity index (χ3n) is 7.97. The van der Waals surface area contributed by atoms with Crippen LogP contribution in [0.4, 0.5) is 0 Å². The second kappa shape index (κ2) is 13.7. The van der Waals surface area contributed by atoms with Crippen LogP contribution in [0.3, 0.4) is 0 Å². The number of rotatable bonds is 12. The summed E-state index contributed by atoms with van der Waals surface area (Å²) in [6.45, 7) is 19.9. The molecule has 3 heterocycles. The molecule has 0 aliphatic carbocycles. The van der Waals surface area contributed by atoms with Crippen molar-refractivity contribution in [3.05, 3.63) is 0 Å². The predicted octanol–water partition coefficient (Wildman–Crippen LogP) is 2.58. The van der Waals surface area contributed by atoms with Gasteiger partial charge < -0.3 is 19.9 Å². The number of ether oxygens (including phenoxy) is 3. The molecule has 3 saturated heterocycles. The van der Waals surface area contributed by atoms with Crippen molar-refractivity contribution in [2.45, 2.75) is 96.2 Å². The van der Waals surface area contributed by atoms with Crippen molar-refractivity contribution in [3.8, 4) is 0 Å². The van der Waals surface area contributed by atoms with E-state index in [0.29, 0.717) is 24.4 Å². The zero-order chi connectivity index (χ0) is 23.7. The predicted molar refractivity (Wildman–Crippen MR) is 135 cm³/mol. The summed E-state index contributed by atoms with van der Waals surface area (Å²) in [6.07, 6.45) is 7.82. The molecule has 194 valence electrons. The molecule has 2 N–H and O–H groups in total. The topological polar surface area (TPSA) is 63.4 Å². The number of nitrogens with two attached hydrogens (primary N) is 1. The van der Waals surface area contributed by atoms with E-state index in [9.17, 15) is 0 Å². The third kappa shape index (κ3) is 8.71. The molecular formula is C26H52N4O3. The van der Waals surface area contributed by atoms with Crippen LogP contribution in [0.15, 0.2) is 0 Å². The molecule has 0 saturated carbocycles. The Kier molecular flexibility index (Phi) is 11.3. The fourth-order valence-electron chi connectivity index (χ4n) is 5.54. The van der Waals surface area contributed by atoms with Crippen LogP contribution in [0, 0.1) is 0 Å². The summed E-state index contributed by atoms with van der Waals surface area (Å²) in [5.74, 6) is 0. The molecule has 3 fully saturated rings. The van der Waals surface area contributed by atoms with Crippen molar-refractivity contribution in [2.24, 2.45) is 5.73 Å². The van der Waals surface area contributed by atoms with Crippen molar-refractivity contribution < 1.29 is 14.2 Å². The van der Waals surface area contributed by atoms with Crippen LogP contribution in [-0.2, 0) is 14.2 Å². The van der Waals surface area contributed by atoms with Crippen LogP contribution in [0.25, 0.3) is 0 Å².